The molecule has 0 saturated heterocycles. The van der Waals surface area contributed by atoms with Gasteiger partial charge in [-0.3, -0.25) is 14.9 Å². The molecule has 0 bridgehead atoms. The van der Waals surface area contributed by atoms with Crippen molar-refractivity contribution in [2.24, 2.45) is 0 Å². The van der Waals surface area contributed by atoms with Crippen molar-refractivity contribution in [1.29, 1.82) is 0 Å². The third-order valence-electron chi connectivity index (χ3n) is 2.78. The second kappa shape index (κ2) is 7.17. The summed E-state index contributed by atoms with van der Waals surface area (Å²) in [5.74, 6) is 2.24. The van der Waals surface area contributed by atoms with Gasteiger partial charge in [-0.15, -0.1) is 12.3 Å². The van der Waals surface area contributed by atoms with Crippen molar-refractivity contribution in [1.82, 2.24) is 5.32 Å². The van der Waals surface area contributed by atoms with Gasteiger partial charge in [0.15, 0.2) is 0 Å². The summed E-state index contributed by atoms with van der Waals surface area (Å²) in [7, 11) is 0. The fraction of sp³-hybridized carbons (Fsp3) is 0.357. The third kappa shape index (κ3) is 4.11. The first-order valence-electron chi connectivity index (χ1n) is 6.03. The molecule has 0 unspecified atom stereocenters. The van der Waals surface area contributed by atoms with Gasteiger partial charge in [0.05, 0.1) is 4.92 Å². The lowest BCUT2D eigenvalue weighted by atomic mass is 10.1. The van der Waals surface area contributed by atoms with Gasteiger partial charge in [-0.2, -0.15) is 0 Å². The summed E-state index contributed by atoms with van der Waals surface area (Å²) in [6.07, 6.45) is 7.46. The van der Waals surface area contributed by atoms with Crippen LogP contribution in [0, 0.1) is 29.4 Å². The number of terminal acetylenes is 1. The summed E-state index contributed by atoms with van der Waals surface area (Å²) in [5.41, 5.74) is 0.680. The fourth-order valence-electron chi connectivity index (χ4n) is 1.72. The van der Waals surface area contributed by atoms with E-state index in [4.69, 9.17) is 6.42 Å². The standard InChI is InChI=1S/C14H16N2O3/c1-3-4-5-6-10-15-14(17)12-8-7-9-13(11(12)2)16(18)19/h1,7-9H,4-6,10H2,2H3,(H,15,17). The Morgan fingerprint density at radius 2 is 2.21 bits per heavy atom. The maximum Gasteiger partial charge on any atom is 0.273 e. The molecule has 1 aromatic rings. The summed E-state index contributed by atoms with van der Waals surface area (Å²) in [5, 5.41) is 13.5. The molecule has 0 spiro atoms. The molecule has 1 N–H and O–H groups in total. The van der Waals surface area contributed by atoms with E-state index in [-0.39, 0.29) is 11.6 Å². The number of amides is 1. The van der Waals surface area contributed by atoms with Crippen LogP contribution in [-0.4, -0.2) is 17.4 Å². The van der Waals surface area contributed by atoms with Crippen molar-refractivity contribution >= 4 is 11.6 Å². The van der Waals surface area contributed by atoms with E-state index in [9.17, 15) is 14.9 Å². The second-order valence-corrected chi connectivity index (χ2v) is 4.12. The first-order valence-corrected chi connectivity index (χ1v) is 6.03. The Kier molecular flexibility index (Phi) is 5.55. The van der Waals surface area contributed by atoms with Gasteiger partial charge in [-0.1, -0.05) is 6.07 Å². The van der Waals surface area contributed by atoms with E-state index in [1.54, 1.807) is 13.0 Å². The molecule has 0 fully saturated rings. The highest BCUT2D eigenvalue weighted by Crippen LogP contribution is 2.20. The van der Waals surface area contributed by atoms with Crippen molar-refractivity contribution in [2.45, 2.75) is 26.2 Å². The van der Waals surface area contributed by atoms with Gasteiger partial charge in [-0.25, -0.2) is 0 Å². The van der Waals surface area contributed by atoms with Crippen LogP contribution in [0.1, 0.15) is 35.2 Å². The number of nitrogens with one attached hydrogen (secondary N) is 1. The van der Waals surface area contributed by atoms with Crippen LogP contribution in [0.25, 0.3) is 0 Å². The highest BCUT2D eigenvalue weighted by Gasteiger charge is 2.17. The van der Waals surface area contributed by atoms with Crippen LogP contribution in [0.4, 0.5) is 5.69 Å². The minimum absolute atomic E-state index is 0.0417. The Morgan fingerprint density at radius 1 is 1.47 bits per heavy atom. The number of rotatable bonds is 6. The maximum absolute atomic E-state index is 11.9. The van der Waals surface area contributed by atoms with Crippen molar-refractivity contribution in [3.8, 4) is 12.3 Å². The molecule has 5 nitrogen and oxygen atoms in total. The van der Waals surface area contributed by atoms with E-state index >= 15 is 0 Å². The minimum Gasteiger partial charge on any atom is -0.352 e. The van der Waals surface area contributed by atoms with E-state index in [0.717, 1.165) is 12.8 Å². The molecule has 100 valence electrons. The number of nitrogens with zero attached hydrogens (tertiary/aromatic N) is 1. The number of carbonyl (C=O) groups excluding carboxylic acids is 1. The van der Waals surface area contributed by atoms with Crippen molar-refractivity contribution in [3.05, 3.63) is 39.4 Å². The highest BCUT2D eigenvalue weighted by atomic mass is 16.6. The van der Waals surface area contributed by atoms with Gasteiger partial charge < -0.3 is 5.32 Å². The van der Waals surface area contributed by atoms with Gasteiger partial charge >= 0.3 is 0 Å². The van der Waals surface area contributed by atoms with Crippen molar-refractivity contribution < 1.29 is 9.72 Å². The molecule has 1 aromatic carbocycles. The zero-order valence-electron chi connectivity index (χ0n) is 10.8. The summed E-state index contributed by atoms with van der Waals surface area (Å²) < 4.78 is 0. The van der Waals surface area contributed by atoms with Crippen molar-refractivity contribution in [3.63, 3.8) is 0 Å². The van der Waals surface area contributed by atoms with Gasteiger partial charge in [0.1, 0.15) is 0 Å². The number of unbranched alkanes of at least 4 members (excludes halogenated alkanes) is 2. The number of hydrogen-bond donors (Lipinski definition) is 1. The zero-order valence-corrected chi connectivity index (χ0v) is 10.8. The minimum atomic E-state index is -0.487. The van der Waals surface area contributed by atoms with Gasteiger partial charge in [0.2, 0.25) is 0 Å². The number of hydrogen-bond acceptors (Lipinski definition) is 3. The first kappa shape index (κ1) is 14.7. The van der Waals surface area contributed by atoms with E-state index in [1.165, 1.54) is 12.1 Å². The smallest absolute Gasteiger partial charge is 0.273 e. The normalized spacial score (nSPS) is 9.68. The summed E-state index contributed by atoms with van der Waals surface area (Å²) in [6, 6.07) is 4.48. The Hall–Kier alpha value is -2.35. The van der Waals surface area contributed by atoms with Crippen LogP contribution in [-0.2, 0) is 0 Å². The van der Waals surface area contributed by atoms with Crippen LogP contribution >= 0.6 is 0 Å². The average Bonchev–Trinajstić information content (AvgIpc) is 2.38. The molecule has 0 heterocycles. The summed E-state index contributed by atoms with van der Waals surface area (Å²) in [6.45, 7) is 2.09. The molecule has 0 aromatic heterocycles. The number of nitro benzene ring substituents is 1. The molecular formula is C14H16N2O3. The Bertz CT molecular complexity index is 518. The molecule has 0 atom stereocenters. The predicted molar refractivity (Wildman–Crippen MR) is 72.9 cm³/mol. The quantitative estimate of drug-likeness (QED) is 0.369. The molecule has 19 heavy (non-hydrogen) atoms. The zero-order chi connectivity index (χ0) is 14.3. The van der Waals surface area contributed by atoms with Crippen LogP contribution in [0.2, 0.25) is 0 Å². The van der Waals surface area contributed by atoms with Gasteiger partial charge in [0.25, 0.3) is 11.6 Å². The molecular weight excluding hydrogens is 244 g/mol. The van der Waals surface area contributed by atoms with Crippen LogP contribution in [0.3, 0.4) is 0 Å². The van der Waals surface area contributed by atoms with Crippen molar-refractivity contribution in [2.75, 3.05) is 6.54 Å². The van der Waals surface area contributed by atoms with E-state index in [0.29, 0.717) is 24.1 Å². The van der Waals surface area contributed by atoms with E-state index < -0.39 is 4.92 Å². The SMILES string of the molecule is C#CCCCCNC(=O)c1cccc([N+](=O)[O-])c1C. The lowest BCUT2D eigenvalue weighted by molar-refractivity contribution is -0.385. The number of benzene rings is 1. The largest absolute Gasteiger partial charge is 0.352 e. The van der Waals surface area contributed by atoms with Crippen LogP contribution < -0.4 is 5.32 Å². The molecule has 0 aliphatic carbocycles. The Morgan fingerprint density at radius 3 is 2.84 bits per heavy atom. The van der Waals surface area contributed by atoms with Crippen LogP contribution in [0.15, 0.2) is 18.2 Å². The van der Waals surface area contributed by atoms with Gasteiger partial charge in [-0.05, 0) is 25.8 Å². The Balaban J connectivity index is 2.65. The third-order valence-corrected chi connectivity index (χ3v) is 2.78. The monoisotopic (exact) mass is 260 g/mol. The predicted octanol–water partition coefficient (Wildman–Crippen LogP) is 2.44. The molecule has 1 rings (SSSR count). The molecule has 0 aliphatic heterocycles. The fourth-order valence-corrected chi connectivity index (χ4v) is 1.72. The first-order chi connectivity index (χ1) is 9.07. The van der Waals surface area contributed by atoms with Crippen LogP contribution in [0.5, 0.6) is 0 Å². The molecule has 0 aliphatic rings. The summed E-state index contributed by atoms with van der Waals surface area (Å²) >= 11 is 0. The average molecular weight is 260 g/mol. The second-order valence-electron chi connectivity index (χ2n) is 4.12. The molecule has 5 heteroatoms. The summed E-state index contributed by atoms with van der Waals surface area (Å²) in [4.78, 5) is 22.2. The number of nitro groups is 1. The van der Waals surface area contributed by atoms with E-state index in [2.05, 4.69) is 11.2 Å². The van der Waals surface area contributed by atoms with E-state index in [1.807, 2.05) is 0 Å². The van der Waals surface area contributed by atoms with Gasteiger partial charge in [0, 0.05) is 30.2 Å². The lowest BCUT2D eigenvalue weighted by Gasteiger charge is -2.07. The molecule has 1 amide bonds. The number of carbonyl (C=O) groups is 1. The topological polar surface area (TPSA) is 72.2 Å². The molecule has 0 saturated carbocycles. The Labute approximate surface area is 112 Å². The maximum atomic E-state index is 11.9. The lowest BCUT2D eigenvalue weighted by Crippen LogP contribution is -2.25. The molecule has 0 radical (unpaired) electrons. The highest BCUT2D eigenvalue weighted by molar-refractivity contribution is 5.96.